The minimum absolute atomic E-state index is 0.0609. The zero-order chi connectivity index (χ0) is 16.0. The van der Waals surface area contributed by atoms with Gasteiger partial charge in [0.1, 0.15) is 5.41 Å². The average Bonchev–Trinajstić information content (AvgIpc) is 3.18. The number of rotatable bonds is 9. The van der Waals surface area contributed by atoms with Gasteiger partial charge in [-0.1, -0.05) is 39.5 Å². The third-order valence-corrected chi connectivity index (χ3v) is 5.66. The standard InChI is InChI=1S/C18H33NO3/c1-3-4-5-6-9-14(2)18(17(19)20,15-10-7-12-21-15)16-11-8-13-22-16/h14-16H,3-13H2,1-2H3,(H2,19,20). The number of hydrogen-bond donors (Lipinski definition) is 1. The average molecular weight is 311 g/mol. The Morgan fingerprint density at radius 2 is 1.73 bits per heavy atom. The van der Waals surface area contributed by atoms with Crippen LogP contribution in [0.3, 0.4) is 0 Å². The second-order valence-electron chi connectivity index (χ2n) is 7.05. The number of amides is 1. The Morgan fingerprint density at radius 1 is 1.14 bits per heavy atom. The molecule has 3 atom stereocenters. The Hall–Kier alpha value is -0.610. The molecule has 0 radical (unpaired) electrons. The van der Waals surface area contributed by atoms with Crippen molar-refractivity contribution in [2.75, 3.05) is 13.2 Å². The van der Waals surface area contributed by atoms with Crippen LogP contribution in [-0.2, 0) is 14.3 Å². The van der Waals surface area contributed by atoms with Gasteiger partial charge in [0.25, 0.3) is 0 Å². The van der Waals surface area contributed by atoms with Crippen LogP contribution >= 0.6 is 0 Å². The van der Waals surface area contributed by atoms with E-state index in [1.54, 1.807) is 0 Å². The molecule has 2 fully saturated rings. The van der Waals surface area contributed by atoms with E-state index in [0.717, 1.165) is 51.7 Å². The zero-order valence-electron chi connectivity index (χ0n) is 14.3. The van der Waals surface area contributed by atoms with Crippen molar-refractivity contribution in [3.8, 4) is 0 Å². The summed E-state index contributed by atoms with van der Waals surface area (Å²) >= 11 is 0. The van der Waals surface area contributed by atoms with Crippen molar-refractivity contribution in [1.29, 1.82) is 0 Å². The van der Waals surface area contributed by atoms with Gasteiger partial charge in [0.05, 0.1) is 12.2 Å². The van der Waals surface area contributed by atoms with Crippen LogP contribution in [0.5, 0.6) is 0 Å². The minimum atomic E-state index is -0.640. The van der Waals surface area contributed by atoms with Crippen molar-refractivity contribution < 1.29 is 14.3 Å². The maximum absolute atomic E-state index is 12.6. The predicted octanol–water partition coefficient (Wildman–Crippen LogP) is 3.42. The molecule has 0 aromatic rings. The summed E-state index contributed by atoms with van der Waals surface area (Å²) in [4.78, 5) is 12.6. The van der Waals surface area contributed by atoms with Crippen LogP contribution in [0, 0.1) is 11.3 Å². The van der Waals surface area contributed by atoms with Crippen LogP contribution in [0.4, 0.5) is 0 Å². The molecular weight excluding hydrogens is 278 g/mol. The zero-order valence-corrected chi connectivity index (χ0v) is 14.3. The van der Waals surface area contributed by atoms with Crippen LogP contribution in [-0.4, -0.2) is 31.3 Å². The van der Waals surface area contributed by atoms with Gasteiger partial charge in [0, 0.05) is 13.2 Å². The highest BCUT2D eigenvalue weighted by atomic mass is 16.5. The Labute approximate surface area is 135 Å². The number of unbranched alkanes of at least 4 members (excludes halogenated alkanes) is 3. The molecule has 0 spiro atoms. The van der Waals surface area contributed by atoms with Crippen molar-refractivity contribution in [3.63, 3.8) is 0 Å². The Kier molecular flexibility index (Phi) is 6.69. The van der Waals surface area contributed by atoms with Crippen molar-refractivity contribution in [2.45, 2.75) is 83.8 Å². The number of ether oxygens (including phenoxy) is 2. The highest BCUT2D eigenvalue weighted by Gasteiger charge is 2.56. The third-order valence-electron chi connectivity index (χ3n) is 5.66. The topological polar surface area (TPSA) is 61.6 Å². The van der Waals surface area contributed by atoms with Gasteiger partial charge in [0.2, 0.25) is 5.91 Å². The smallest absolute Gasteiger partial charge is 0.229 e. The summed E-state index contributed by atoms with van der Waals surface area (Å²) in [6, 6.07) is 0. The van der Waals surface area contributed by atoms with E-state index in [0.29, 0.717) is 0 Å². The second kappa shape index (κ2) is 8.30. The van der Waals surface area contributed by atoms with E-state index >= 15 is 0 Å². The van der Waals surface area contributed by atoms with Crippen LogP contribution in [0.1, 0.15) is 71.6 Å². The predicted molar refractivity (Wildman–Crippen MR) is 87.5 cm³/mol. The van der Waals surface area contributed by atoms with Gasteiger partial charge in [-0.05, 0) is 38.0 Å². The Morgan fingerprint density at radius 3 is 2.14 bits per heavy atom. The van der Waals surface area contributed by atoms with Gasteiger partial charge >= 0.3 is 0 Å². The van der Waals surface area contributed by atoms with E-state index in [9.17, 15) is 4.79 Å². The first-order chi connectivity index (χ1) is 10.6. The number of primary amides is 1. The molecule has 0 aromatic carbocycles. The van der Waals surface area contributed by atoms with Gasteiger partial charge < -0.3 is 15.2 Å². The SMILES string of the molecule is CCCCCCC(C)C(C(N)=O)(C1CCCO1)C1CCCO1. The van der Waals surface area contributed by atoms with E-state index in [1.165, 1.54) is 19.3 Å². The molecule has 4 nitrogen and oxygen atoms in total. The maximum atomic E-state index is 12.6. The van der Waals surface area contributed by atoms with Gasteiger partial charge in [-0.25, -0.2) is 0 Å². The lowest BCUT2D eigenvalue weighted by Gasteiger charge is -2.44. The fourth-order valence-electron chi connectivity index (χ4n) is 4.43. The molecular formula is C18H33NO3. The normalized spacial score (nSPS) is 29.4. The van der Waals surface area contributed by atoms with E-state index in [1.807, 2.05) is 0 Å². The Balaban J connectivity index is 2.16. The van der Waals surface area contributed by atoms with Gasteiger partial charge in [0.15, 0.2) is 0 Å². The van der Waals surface area contributed by atoms with Crippen molar-refractivity contribution in [1.82, 2.24) is 0 Å². The molecule has 0 saturated carbocycles. The highest BCUT2D eigenvalue weighted by Crippen LogP contribution is 2.47. The first kappa shape index (κ1) is 17.7. The van der Waals surface area contributed by atoms with Crippen LogP contribution in [0.2, 0.25) is 0 Å². The fourth-order valence-corrected chi connectivity index (χ4v) is 4.43. The first-order valence-corrected chi connectivity index (χ1v) is 9.17. The summed E-state index contributed by atoms with van der Waals surface area (Å²) in [6.45, 7) is 5.89. The molecule has 4 heteroatoms. The molecule has 2 saturated heterocycles. The van der Waals surface area contributed by atoms with E-state index in [-0.39, 0.29) is 24.0 Å². The first-order valence-electron chi connectivity index (χ1n) is 9.17. The summed E-state index contributed by atoms with van der Waals surface area (Å²) in [5.41, 5.74) is 5.32. The van der Waals surface area contributed by atoms with E-state index < -0.39 is 5.41 Å². The van der Waals surface area contributed by atoms with E-state index in [4.69, 9.17) is 15.2 Å². The summed E-state index contributed by atoms with van der Waals surface area (Å²) in [5, 5.41) is 0. The lowest BCUT2D eigenvalue weighted by molar-refractivity contribution is -0.160. The summed E-state index contributed by atoms with van der Waals surface area (Å²) in [6.07, 6.45) is 9.69. The highest BCUT2D eigenvalue weighted by molar-refractivity contribution is 5.83. The Bertz CT molecular complexity index is 330. The molecule has 0 bridgehead atoms. The fraction of sp³-hybridized carbons (Fsp3) is 0.944. The number of carbonyl (C=O) groups is 1. The molecule has 2 rings (SSSR count). The summed E-state index contributed by atoms with van der Waals surface area (Å²) in [7, 11) is 0. The molecule has 2 N–H and O–H groups in total. The summed E-state index contributed by atoms with van der Waals surface area (Å²) in [5.74, 6) is 0.00217. The van der Waals surface area contributed by atoms with E-state index in [2.05, 4.69) is 13.8 Å². The number of carbonyl (C=O) groups excluding carboxylic acids is 1. The molecule has 22 heavy (non-hydrogen) atoms. The molecule has 2 heterocycles. The largest absolute Gasteiger partial charge is 0.377 e. The molecule has 0 aromatic heterocycles. The molecule has 3 unspecified atom stereocenters. The molecule has 2 aliphatic heterocycles. The van der Waals surface area contributed by atoms with Crippen LogP contribution < -0.4 is 5.73 Å². The summed E-state index contributed by atoms with van der Waals surface area (Å²) < 4.78 is 11.9. The third kappa shape index (κ3) is 3.48. The van der Waals surface area contributed by atoms with Gasteiger partial charge in [-0.15, -0.1) is 0 Å². The van der Waals surface area contributed by atoms with Gasteiger partial charge in [-0.3, -0.25) is 4.79 Å². The van der Waals surface area contributed by atoms with Crippen LogP contribution in [0.15, 0.2) is 0 Å². The second-order valence-corrected chi connectivity index (χ2v) is 7.05. The quantitative estimate of drug-likeness (QED) is 0.664. The lowest BCUT2D eigenvalue weighted by Crippen LogP contribution is -2.58. The molecule has 2 aliphatic rings. The monoisotopic (exact) mass is 311 g/mol. The molecule has 0 aliphatic carbocycles. The lowest BCUT2D eigenvalue weighted by atomic mass is 9.64. The molecule has 128 valence electrons. The minimum Gasteiger partial charge on any atom is -0.377 e. The van der Waals surface area contributed by atoms with Gasteiger partial charge in [-0.2, -0.15) is 0 Å². The number of nitrogens with two attached hydrogens (primary N) is 1. The number of hydrogen-bond acceptors (Lipinski definition) is 3. The van der Waals surface area contributed by atoms with Crippen LogP contribution in [0.25, 0.3) is 0 Å². The van der Waals surface area contributed by atoms with Crippen molar-refractivity contribution >= 4 is 5.91 Å². The maximum Gasteiger partial charge on any atom is 0.229 e. The van der Waals surface area contributed by atoms with Crippen molar-refractivity contribution in [3.05, 3.63) is 0 Å². The molecule has 1 amide bonds. The van der Waals surface area contributed by atoms with Crippen molar-refractivity contribution in [2.24, 2.45) is 17.1 Å².